The summed E-state index contributed by atoms with van der Waals surface area (Å²) in [4.78, 5) is 20.4. The SMILES string of the molecule is CC(C)c1ccc(-c2cc(C(=O)NN=C3CCN(C(C)C)CC3)c3ccccc3n2)cc1. The first kappa shape index (κ1) is 22.2. The number of hydrazone groups is 1. The number of likely N-dealkylation sites (tertiary alicyclic amines) is 1. The fourth-order valence-electron chi connectivity index (χ4n) is 4.15. The van der Waals surface area contributed by atoms with E-state index in [1.165, 1.54) is 5.56 Å². The Bertz CT molecular complexity index is 1120. The van der Waals surface area contributed by atoms with Crippen LogP contribution < -0.4 is 5.43 Å². The van der Waals surface area contributed by atoms with Crippen molar-refractivity contribution in [3.8, 4) is 11.3 Å². The van der Waals surface area contributed by atoms with Crippen LogP contribution >= 0.6 is 0 Å². The number of hydrogen-bond acceptors (Lipinski definition) is 4. The Morgan fingerprint density at radius 2 is 1.69 bits per heavy atom. The molecule has 0 radical (unpaired) electrons. The molecule has 1 aliphatic rings. The van der Waals surface area contributed by atoms with Crippen molar-refractivity contribution in [1.82, 2.24) is 15.3 Å². The smallest absolute Gasteiger partial charge is 0.272 e. The van der Waals surface area contributed by atoms with Crippen LogP contribution in [-0.4, -0.2) is 40.6 Å². The number of hydrogen-bond donors (Lipinski definition) is 1. The van der Waals surface area contributed by atoms with E-state index in [1.54, 1.807) is 0 Å². The lowest BCUT2D eigenvalue weighted by molar-refractivity contribution is 0.0956. The van der Waals surface area contributed by atoms with E-state index in [0.29, 0.717) is 17.5 Å². The molecule has 5 nitrogen and oxygen atoms in total. The quantitative estimate of drug-likeness (QED) is 0.537. The van der Waals surface area contributed by atoms with E-state index in [1.807, 2.05) is 30.3 Å². The van der Waals surface area contributed by atoms with Gasteiger partial charge in [-0.2, -0.15) is 5.10 Å². The van der Waals surface area contributed by atoms with E-state index in [4.69, 9.17) is 4.98 Å². The third-order valence-corrected chi connectivity index (χ3v) is 6.25. The molecule has 0 aliphatic carbocycles. The van der Waals surface area contributed by atoms with E-state index in [0.717, 1.165) is 53.8 Å². The Morgan fingerprint density at radius 1 is 1.00 bits per heavy atom. The second-order valence-corrected chi connectivity index (χ2v) is 9.10. The topological polar surface area (TPSA) is 57.6 Å². The second kappa shape index (κ2) is 9.61. The summed E-state index contributed by atoms with van der Waals surface area (Å²) in [5.74, 6) is 0.281. The number of piperidine rings is 1. The number of pyridine rings is 1. The van der Waals surface area contributed by atoms with Gasteiger partial charge in [-0.25, -0.2) is 10.4 Å². The number of benzene rings is 2. The van der Waals surface area contributed by atoms with Crippen LogP contribution in [0, 0.1) is 0 Å². The Kier molecular flexibility index (Phi) is 6.66. The Hall–Kier alpha value is -3.05. The summed E-state index contributed by atoms with van der Waals surface area (Å²) in [5, 5.41) is 5.30. The summed E-state index contributed by atoms with van der Waals surface area (Å²) in [6, 6.07) is 18.6. The van der Waals surface area contributed by atoms with Gasteiger partial charge >= 0.3 is 0 Å². The van der Waals surface area contributed by atoms with Crippen molar-refractivity contribution in [2.45, 2.75) is 52.5 Å². The number of carbonyl (C=O) groups is 1. The van der Waals surface area contributed by atoms with Gasteiger partial charge in [-0.15, -0.1) is 0 Å². The zero-order chi connectivity index (χ0) is 22.7. The van der Waals surface area contributed by atoms with Gasteiger partial charge in [0.05, 0.1) is 16.8 Å². The number of rotatable bonds is 5. The minimum Gasteiger partial charge on any atom is -0.300 e. The highest BCUT2D eigenvalue weighted by atomic mass is 16.2. The number of amides is 1. The molecular weight excluding hydrogens is 396 g/mol. The maximum absolute atomic E-state index is 13.1. The third-order valence-electron chi connectivity index (χ3n) is 6.25. The van der Waals surface area contributed by atoms with Gasteiger partial charge in [0.25, 0.3) is 5.91 Å². The predicted octanol–water partition coefficient (Wildman–Crippen LogP) is 5.62. The Morgan fingerprint density at radius 3 is 2.34 bits per heavy atom. The molecule has 0 saturated carbocycles. The first-order valence-corrected chi connectivity index (χ1v) is 11.5. The van der Waals surface area contributed by atoms with Gasteiger partial charge in [0.1, 0.15) is 0 Å². The molecule has 4 rings (SSSR count). The van der Waals surface area contributed by atoms with Gasteiger partial charge in [0.2, 0.25) is 0 Å². The van der Waals surface area contributed by atoms with E-state index in [9.17, 15) is 4.79 Å². The third kappa shape index (κ3) is 4.89. The summed E-state index contributed by atoms with van der Waals surface area (Å²) in [6.45, 7) is 10.8. The average Bonchev–Trinajstić information content (AvgIpc) is 2.82. The highest BCUT2D eigenvalue weighted by Gasteiger charge is 2.18. The molecule has 2 aromatic carbocycles. The van der Waals surface area contributed by atoms with Crippen molar-refractivity contribution in [2.24, 2.45) is 5.10 Å². The minimum atomic E-state index is -0.192. The number of nitrogens with zero attached hydrogens (tertiary/aromatic N) is 3. The van der Waals surface area contributed by atoms with Crippen LogP contribution in [0.15, 0.2) is 59.7 Å². The molecule has 5 heteroatoms. The maximum atomic E-state index is 13.1. The van der Waals surface area contributed by atoms with Gasteiger partial charge in [0.15, 0.2) is 0 Å². The van der Waals surface area contributed by atoms with Crippen LogP contribution in [0.3, 0.4) is 0 Å². The van der Waals surface area contributed by atoms with Crippen LogP contribution in [0.4, 0.5) is 0 Å². The fraction of sp³-hybridized carbons (Fsp3) is 0.370. The molecule has 2 heterocycles. The highest BCUT2D eigenvalue weighted by molar-refractivity contribution is 6.07. The van der Waals surface area contributed by atoms with Crippen molar-refractivity contribution in [1.29, 1.82) is 0 Å². The lowest BCUT2D eigenvalue weighted by Crippen LogP contribution is -2.39. The zero-order valence-electron chi connectivity index (χ0n) is 19.4. The molecule has 0 unspecified atom stereocenters. The average molecular weight is 429 g/mol. The minimum absolute atomic E-state index is 0.192. The molecule has 1 saturated heterocycles. The number of aromatic nitrogens is 1. The van der Waals surface area contributed by atoms with Crippen molar-refractivity contribution in [2.75, 3.05) is 13.1 Å². The standard InChI is InChI=1S/C27H32N4O/c1-18(2)20-9-11-21(12-10-20)26-17-24(23-7-5-6-8-25(23)28-26)27(32)30-29-22-13-15-31(16-14-22)19(3)4/h5-12,17-19H,13-16H2,1-4H3,(H,30,32). The molecule has 1 aromatic heterocycles. The number of carbonyl (C=O) groups excluding carboxylic acids is 1. The molecule has 1 fully saturated rings. The van der Waals surface area contributed by atoms with E-state index >= 15 is 0 Å². The monoisotopic (exact) mass is 428 g/mol. The van der Waals surface area contributed by atoms with Crippen LogP contribution in [0.1, 0.15) is 62.4 Å². The van der Waals surface area contributed by atoms with E-state index in [2.05, 4.69) is 67.4 Å². The summed E-state index contributed by atoms with van der Waals surface area (Å²) in [7, 11) is 0. The Labute approximate surface area is 190 Å². The van der Waals surface area contributed by atoms with Crippen molar-refractivity contribution in [3.05, 3.63) is 65.7 Å². The number of para-hydroxylation sites is 1. The molecule has 1 N–H and O–H groups in total. The van der Waals surface area contributed by atoms with Gasteiger partial charge in [0, 0.05) is 48.6 Å². The first-order chi connectivity index (χ1) is 15.4. The zero-order valence-corrected chi connectivity index (χ0v) is 19.4. The Balaban J connectivity index is 1.60. The van der Waals surface area contributed by atoms with Gasteiger partial charge in [-0.05, 0) is 37.5 Å². The largest absolute Gasteiger partial charge is 0.300 e. The van der Waals surface area contributed by atoms with Crippen molar-refractivity contribution in [3.63, 3.8) is 0 Å². The molecule has 0 atom stereocenters. The summed E-state index contributed by atoms with van der Waals surface area (Å²) >= 11 is 0. The van der Waals surface area contributed by atoms with E-state index in [-0.39, 0.29) is 5.91 Å². The second-order valence-electron chi connectivity index (χ2n) is 9.10. The van der Waals surface area contributed by atoms with Crippen LogP contribution in [0.2, 0.25) is 0 Å². The molecule has 0 spiro atoms. The van der Waals surface area contributed by atoms with Crippen LogP contribution in [-0.2, 0) is 0 Å². The van der Waals surface area contributed by atoms with Gasteiger partial charge in [-0.3, -0.25) is 4.79 Å². The summed E-state index contributed by atoms with van der Waals surface area (Å²) in [6.07, 6.45) is 1.78. The first-order valence-electron chi connectivity index (χ1n) is 11.5. The summed E-state index contributed by atoms with van der Waals surface area (Å²) < 4.78 is 0. The normalized spacial score (nSPS) is 14.9. The van der Waals surface area contributed by atoms with E-state index < -0.39 is 0 Å². The van der Waals surface area contributed by atoms with Crippen molar-refractivity contribution < 1.29 is 4.79 Å². The maximum Gasteiger partial charge on any atom is 0.272 e. The lowest BCUT2D eigenvalue weighted by atomic mass is 9.99. The molecule has 1 aliphatic heterocycles. The highest BCUT2D eigenvalue weighted by Crippen LogP contribution is 2.26. The fourth-order valence-corrected chi connectivity index (χ4v) is 4.15. The molecule has 1 amide bonds. The van der Waals surface area contributed by atoms with Crippen molar-refractivity contribution >= 4 is 22.5 Å². The van der Waals surface area contributed by atoms with Gasteiger partial charge in [-0.1, -0.05) is 56.3 Å². The van der Waals surface area contributed by atoms with Crippen LogP contribution in [0.25, 0.3) is 22.2 Å². The molecular formula is C27H32N4O. The number of fused-ring (bicyclic) bond motifs is 1. The number of nitrogens with one attached hydrogen (secondary N) is 1. The predicted molar refractivity (Wildman–Crippen MR) is 132 cm³/mol. The van der Waals surface area contributed by atoms with Crippen LogP contribution in [0.5, 0.6) is 0 Å². The van der Waals surface area contributed by atoms with Gasteiger partial charge < -0.3 is 4.90 Å². The molecule has 166 valence electrons. The molecule has 3 aromatic rings. The molecule has 0 bridgehead atoms. The summed E-state index contributed by atoms with van der Waals surface area (Å²) in [5.41, 5.74) is 8.35. The lowest BCUT2D eigenvalue weighted by Gasteiger charge is -2.30. The molecule has 32 heavy (non-hydrogen) atoms.